The molecular formula is C45H58N4O4. The van der Waals surface area contributed by atoms with Gasteiger partial charge in [0, 0.05) is 43.2 Å². The van der Waals surface area contributed by atoms with E-state index < -0.39 is 6.29 Å². The highest BCUT2D eigenvalue weighted by atomic mass is 16.7. The Bertz CT molecular complexity index is 1670. The minimum absolute atomic E-state index is 0.0166. The first-order valence-electron chi connectivity index (χ1n) is 20.7. The van der Waals surface area contributed by atoms with Crippen LogP contribution in [0.2, 0.25) is 0 Å². The molecule has 0 aromatic heterocycles. The maximum atomic E-state index is 13.1. The lowest BCUT2D eigenvalue weighted by atomic mass is 9.53. The van der Waals surface area contributed by atoms with E-state index in [-0.39, 0.29) is 30.4 Å². The number of aliphatic hydroxyl groups is 1. The van der Waals surface area contributed by atoms with Gasteiger partial charge in [-0.05, 0) is 135 Å². The van der Waals surface area contributed by atoms with Crippen molar-refractivity contribution >= 4 is 6.03 Å². The third-order valence-electron chi connectivity index (χ3n) is 13.5. The van der Waals surface area contributed by atoms with Crippen molar-refractivity contribution in [3.05, 3.63) is 95.1 Å². The molecule has 10 rings (SSSR count). The summed E-state index contributed by atoms with van der Waals surface area (Å²) in [4.78, 5) is 18.5. The van der Waals surface area contributed by atoms with Gasteiger partial charge in [-0.2, -0.15) is 0 Å². The lowest BCUT2D eigenvalue weighted by Gasteiger charge is -2.56. The van der Waals surface area contributed by atoms with Gasteiger partial charge >= 0.3 is 6.03 Å². The van der Waals surface area contributed by atoms with Crippen molar-refractivity contribution in [2.75, 3.05) is 32.7 Å². The second kappa shape index (κ2) is 15.5. The van der Waals surface area contributed by atoms with E-state index in [0.29, 0.717) is 12.6 Å². The van der Waals surface area contributed by atoms with Gasteiger partial charge in [0.05, 0.1) is 18.8 Å². The van der Waals surface area contributed by atoms with E-state index in [1.165, 1.54) is 64.6 Å². The molecular weight excluding hydrogens is 661 g/mol. The molecule has 7 fully saturated rings. The van der Waals surface area contributed by atoms with E-state index in [2.05, 4.69) is 81.1 Å². The Morgan fingerprint density at radius 1 is 0.755 bits per heavy atom. The average molecular weight is 719 g/mol. The van der Waals surface area contributed by atoms with Crippen molar-refractivity contribution in [1.29, 1.82) is 0 Å². The largest absolute Gasteiger partial charge is 0.392 e. The summed E-state index contributed by atoms with van der Waals surface area (Å²) in [5, 5.41) is 16.3. The molecule has 8 heteroatoms. The molecule has 4 bridgehead atoms. The van der Waals surface area contributed by atoms with Gasteiger partial charge in [-0.1, -0.05) is 66.7 Å². The van der Waals surface area contributed by atoms with Crippen LogP contribution >= 0.6 is 0 Å². The molecule has 4 unspecified atom stereocenters. The van der Waals surface area contributed by atoms with Crippen LogP contribution < -0.4 is 10.6 Å². The summed E-state index contributed by atoms with van der Waals surface area (Å²) in [6.45, 7) is 6.25. The molecule has 3 saturated heterocycles. The van der Waals surface area contributed by atoms with E-state index >= 15 is 0 Å². The SMILES string of the molecule is O=C(NCc1cccc(-c2ccc(C3OC(CN4CCCC4CN4CCCC4)CC(c4ccc(CO)cc4)O3)cc2)c1)NC12CC3CC(CC(C3)C1)C2. The number of nitrogens with zero attached hydrogens (tertiary/aromatic N) is 2. The van der Waals surface area contributed by atoms with Gasteiger partial charge in [0.1, 0.15) is 0 Å². The van der Waals surface area contributed by atoms with Gasteiger partial charge in [-0.15, -0.1) is 0 Å². The van der Waals surface area contributed by atoms with Crippen LogP contribution in [0.5, 0.6) is 0 Å². The number of nitrogens with one attached hydrogen (secondary N) is 2. The number of amides is 2. The molecule has 4 saturated carbocycles. The Labute approximate surface area is 315 Å². The van der Waals surface area contributed by atoms with Crippen LogP contribution in [0.25, 0.3) is 11.1 Å². The lowest BCUT2D eigenvalue weighted by Crippen LogP contribution is -2.61. The smallest absolute Gasteiger partial charge is 0.315 e. The van der Waals surface area contributed by atoms with Crippen molar-refractivity contribution in [3.8, 4) is 11.1 Å². The van der Waals surface area contributed by atoms with Crippen LogP contribution in [-0.4, -0.2) is 71.3 Å². The van der Waals surface area contributed by atoms with Gasteiger partial charge in [0.15, 0.2) is 6.29 Å². The number of ether oxygens (including phenoxy) is 2. The van der Waals surface area contributed by atoms with Gasteiger partial charge in [-0.25, -0.2) is 4.79 Å². The number of benzene rings is 3. The molecule has 8 nitrogen and oxygen atoms in total. The Morgan fingerprint density at radius 2 is 1.47 bits per heavy atom. The van der Waals surface area contributed by atoms with Crippen molar-refractivity contribution in [1.82, 2.24) is 20.4 Å². The third-order valence-corrected chi connectivity index (χ3v) is 13.5. The molecule has 3 heterocycles. The minimum atomic E-state index is -0.465. The number of aliphatic hydroxyl groups excluding tert-OH is 1. The van der Waals surface area contributed by atoms with E-state index in [1.54, 1.807) is 0 Å². The monoisotopic (exact) mass is 718 g/mol. The number of carbonyl (C=O) groups is 1. The summed E-state index contributed by atoms with van der Waals surface area (Å²) in [5.74, 6) is 2.42. The number of rotatable bonds is 11. The second-order valence-corrected chi connectivity index (χ2v) is 17.5. The van der Waals surface area contributed by atoms with Crippen molar-refractivity contribution in [3.63, 3.8) is 0 Å². The Morgan fingerprint density at radius 3 is 2.19 bits per heavy atom. The van der Waals surface area contributed by atoms with E-state index in [0.717, 1.165) is 89.9 Å². The molecule has 282 valence electrons. The number of hydrogen-bond acceptors (Lipinski definition) is 6. The molecule has 4 aliphatic carbocycles. The number of likely N-dealkylation sites (tertiary alicyclic amines) is 2. The minimum Gasteiger partial charge on any atom is -0.392 e. The Balaban J connectivity index is 0.855. The number of carbonyl (C=O) groups excluding carboxylic acids is 1. The highest BCUT2D eigenvalue weighted by Gasteiger charge is 2.51. The predicted molar refractivity (Wildman–Crippen MR) is 207 cm³/mol. The van der Waals surface area contributed by atoms with Gasteiger partial charge in [-0.3, -0.25) is 4.90 Å². The van der Waals surface area contributed by atoms with Gasteiger partial charge in [0.25, 0.3) is 0 Å². The van der Waals surface area contributed by atoms with Crippen LogP contribution in [0.3, 0.4) is 0 Å². The van der Waals surface area contributed by atoms with Crippen molar-refractivity contribution in [2.24, 2.45) is 17.8 Å². The highest BCUT2D eigenvalue weighted by molar-refractivity contribution is 5.75. The summed E-state index contributed by atoms with van der Waals surface area (Å²) in [7, 11) is 0. The van der Waals surface area contributed by atoms with Crippen molar-refractivity contribution in [2.45, 2.75) is 114 Å². The van der Waals surface area contributed by atoms with Crippen LogP contribution in [0.1, 0.15) is 105 Å². The molecule has 3 aromatic carbocycles. The fraction of sp³-hybridized carbons (Fsp3) is 0.578. The first-order valence-corrected chi connectivity index (χ1v) is 20.7. The van der Waals surface area contributed by atoms with Crippen LogP contribution in [0.4, 0.5) is 4.79 Å². The maximum Gasteiger partial charge on any atom is 0.315 e. The molecule has 3 N–H and O–H groups in total. The fourth-order valence-corrected chi connectivity index (χ4v) is 11.3. The molecule has 0 radical (unpaired) electrons. The van der Waals surface area contributed by atoms with E-state index in [1.807, 2.05) is 12.1 Å². The molecule has 2 amide bonds. The maximum absolute atomic E-state index is 13.1. The normalized spacial score (nSPS) is 32.7. The lowest BCUT2D eigenvalue weighted by molar-refractivity contribution is -0.253. The zero-order valence-electron chi connectivity index (χ0n) is 31.3. The molecule has 0 spiro atoms. The summed E-state index contributed by atoms with van der Waals surface area (Å²) in [5.41, 5.74) is 6.41. The summed E-state index contributed by atoms with van der Waals surface area (Å²) in [6.07, 6.45) is 13.1. The number of urea groups is 1. The number of hydrogen-bond donors (Lipinski definition) is 3. The topological polar surface area (TPSA) is 86.3 Å². The third kappa shape index (κ3) is 8.08. The first-order chi connectivity index (χ1) is 26.0. The average Bonchev–Trinajstić information content (AvgIpc) is 3.86. The Hall–Kier alpha value is -3.27. The van der Waals surface area contributed by atoms with Crippen LogP contribution in [0, 0.1) is 17.8 Å². The standard InChI is InChI=1S/C45H58N4O4/c50-30-31-8-10-37(11-9-31)42-23-41(29-49-18-4-7-40(49)28-48-16-1-2-17-48)52-43(53-42)38-14-12-36(13-15-38)39-6-3-5-32(22-39)27-46-44(51)47-45-24-33-19-34(25-45)21-35(20-33)26-45/h3,5-6,8-15,22,33-35,40-43,50H,1-2,4,7,16-21,23-30H2,(H2,46,47,51). The van der Waals surface area contributed by atoms with Gasteiger partial charge < -0.3 is 30.1 Å². The second-order valence-electron chi connectivity index (χ2n) is 17.5. The molecule has 3 aliphatic heterocycles. The predicted octanol–water partition coefficient (Wildman–Crippen LogP) is 7.72. The fourth-order valence-electron chi connectivity index (χ4n) is 11.3. The van der Waals surface area contributed by atoms with E-state index in [9.17, 15) is 9.90 Å². The molecule has 4 atom stereocenters. The molecule has 3 aromatic rings. The summed E-state index contributed by atoms with van der Waals surface area (Å²) in [6, 6.07) is 25.9. The first kappa shape index (κ1) is 35.4. The highest BCUT2D eigenvalue weighted by Crippen LogP contribution is 2.55. The van der Waals surface area contributed by atoms with Crippen molar-refractivity contribution < 1.29 is 19.4 Å². The van der Waals surface area contributed by atoms with Gasteiger partial charge in [0.2, 0.25) is 0 Å². The van der Waals surface area contributed by atoms with Crippen LogP contribution in [-0.2, 0) is 22.6 Å². The van der Waals surface area contributed by atoms with E-state index in [4.69, 9.17) is 9.47 Å². The quantitative estimate of drug-likeness (QED) is 0.188. The zero-order valence-corrected chi connectivity index (χ0v) is 31.3. The molecule has 7 aliphatic rings. The van der Waals surface area contributed by atoms with Crippen LogP contribution in [0.15, 0.2) is 72.8 Å². The summed E-state index contributed by atoms with van der Waals surface area (Å²) < 4.78 is 13.5. The Kier molecular flexibility index (Phi) is 10.3. The summed E-state index contributed by atoms with van der Waals surface area (Å²) >= 11 is 0. The zero-order chi connectivity index (χ0) is 35.8. The molecule has 53 heavy (non-hydrogen) atoms.